The zero-order valence-electron chi connectivity index (χ0n) is 6.14. The molecule has 0 atom stereocenters. The highest BCUT2D eigenvalue weighted by atomic mass is 13.8. The second-order valence-electron chi connectivity index (χ2n) is 2.07. The van der Waals surface area contributed by atoms with E-state index in [1.807, 2.05) is 0 Å². The van der Waals surface area contributed by atoms with Gasteiger partial charge in [-0.05, 0) is 19.3 Å². The summed E-state index contributed by atoms with van der Waals surface area (Å²) < 4.78 is 0. The third-order valence-corrected chi connectivity index (χ3v) is 1.12. The van der Waals surface area contributed by atoms with E-state index in [0.29, 0.717) is 0 Å². The van der Waals surface area contributed by atoms with Crippen molar-refractivity contribution < 1.29 is 0 Å². The van der Waals surface area contributed by atoms with Crippen LogP contribution < -0.4 is 0 Å². The van der Waals surface area contributed by atoms with Crippen molar-refractivity contribution in [1.29, 1.82) is 0 Å². The standard InChI is InChI=1S/C9H15/c1-3-5-7-9-8-6-4-2/h1,3,8-9H,4-7H2,2H3/b3-1?,9-8+. The van der Waals surface area contributed by atoms with Crippen molar-refractivity contribution in [3.63, 3.8) is 0 Å². The maximum atomic E-state index is 5.18. The first-order valence-corrected chi connectivity index (χ1v) is 3.60. The normalized spacial score (nSPS) is 10.3. The van der Waals surface area contributed by atoms with E-state index in [2.05, 4.69) is 19.1 Å². The van der Waals surface area contributed by atoms with Gasteiger partial charge in [0.25, 0.3) is 0 Å². The molecule has 1 radical (unpaired) electrons. The molecule has 0 aliphatic carbocycles. The third kappa shape index (κ3) is 7.48. The molecule has 0 saturated heterocycles. The van der Waals surface area contributed by atoms with E-state index >= 15 is 0 Å². The molecule has 0 fully saturated rings. The molecular weight excluding hydrogens is 108 g/mol. The Morgan fingerprint density at radius 3 is 2.33 bits per heavy atom. The van der Waals surface area contributed by atoms with Gasteiger partial charge in [0.15, 0.2) is 0 Å². The molecule has 0 spiro atoms. The van der Waals surface area contributed by atoms with Crippen LogP contribution in [0.3, 0.4) is 0 Å². The lowest BCUT2D eigenvalue weighted by molar-refractivity contribution is 0.943. The fourth-order valence-electron chi connectivity index (χ4n) is 0.595. The monoisotopic (exact) mass is 123 g/mol. The molecule has 51 valence electrons. The van der Waals surface area contributed by atoms with E-state index in [9.17, 15) is 0 Å². The Hall–Kier alpha value is -0.520. The summed E-state index contributed by atoms with van der Waals surface area (Å²) in [4.78, 5) is 0. The lowest BCUT2D eigenvalue weighted by atomic mass is 10.2. The number of hydrogen-bond acceptors (Lipinski definition) is 0. The van der Waals surface area contributed by atoms with Gasteiger partial charge < -0.3 is 0 Å². The summed E-state index contributed by atoms with van der Waals surface area (Å²) in [6, 6.07) is 0. The summed E-state index contributed by atoms with van der Waals surface area (Å²) in [5.41, 5.74) is 0. The van der Waals surface area contributed by atoms with Crippen molar-refractivity contribution in [3.8, 4) is 0 Å². The topological polar surface area (TPSA) is 0 Å². The minimum absolute atomic E-state index is 1.00. The van der Waals surface area contributed by atoms with Crippen molar-refractivity contribution in [2.75, 3.05) is 0 Å². The SMILES string of the molecule is [CH]=CCC/C=C/CCC. The van der Waals surface area contributed by atoms with E-state index in [1.165, 1.54) is 12.8 Å². The molecule has 0 unspecified atom stereocenters. The second kappa shape index (κ2) is 7.48. The highest BCUT2D eigenvalue weighted by Gasteiger charge is 1.73. The molecule has 0 saturated carbocycles. The molecule has 0 heteroatoms. The van der Waals surface area contributed by atoms with E-state index in [0.717, 1.165) is 12.8 Å². The molecule has 0 aromatic rings. The molecule has 0 heterocycles. The predicted octanol–water partition coefficient (Wildman–Crippen LogP) is 3.11. The van der Waals surface area contributed by atoms with E-state index < -0.39 is 0 Å². The zero-order chi connectivity index (χ0) is 6.95. The summed E-state index contributed by atoms with van der Waals surface area (Å²) in [5.74, 6) is 0. The zero-order valence-corrected chi connectivity index (χ0v) is 6.14. The Morgan fingerprint density at radius 1 is 1.11 bits per heavy atom. The van der Waals surface area contributed by atoms with Gasteiger partial charge in [-0.1, -0.05) is 38.2 Å². The summed E-state index contributed by atoms with van der Waals surface area (Å²) in [7, 11) is 0. The van der Waals surface area contributed by atoms with E-state index in [4.69, 9.17) is 6.58 Å². The average Bonchev–Trinajstić information content (AvgIpc) is 1.89. The molecule has 0 nitrogen and oxygen atoms in total. The molecule has 9 heavy (non-hydrogen) atoms. The highest BCUT2D eigenvalue weighted by molar-refractivity contribution is 4.83. The molecule has 0 aromatic carbocycles. The van der Waals surface area contributed by atoms with Crippen molar-refractivity contribution in [3.05, 3.63) is 24.8 Å². The van der Waals surface area contributed by atoms with Crippen molar-refractivity contribution >= 4 is 0 Å². The van der Waals surface area contributed by atoms with Crippen LogP contribution in [0, 0.1) is 6.58 Å². The van der Waals surface area contributed by atoms with Gasteiger partial charge in [-0.15, -0.1) is 0 Å². The Balaban J connectivity index is 2.94. The summed E-state index contributed by atoms with van der Waals surface area (Å²) in [6.07, 6.45) is 10.6. The first-order valence-electron chi connectivity index (χ1n) is 3.60. The quantitative estimate of drug-likeness (QED) is 0.389. The Bertz CT molecular complexity index is 80.0. The summed E-state index contributed by atoms with van der Waals surface area (Å²) >= 11 is 0. The van der Waals surface area contributed by atoms with Crippen LogP contribution in [0.4, 0.5) is 0 Å². The van der Waals surface area contributed by atoms with Crippen LogP contribution in [0.15, 0.2) is 18.2 Å². The van der Waals surface area contributed by atoms with Crippen molar-refractivity contribution in [2.24, 2.45) is 0 Å². The molecular formula is C9H15. The summed E-state index contributed by atoms with van der Waals surface area (Å²) in [6.45, 7) is 7.36. The molecule has 0 N–H and O–H groups in total. The molecule has 0 aliphatic heterocycles. The van der Waals surface area contributed by atoms with Gasteiger partial charge in [-0.2, -0.15) is 0 Å². The first kappa shape index (κ1) is 8.48. The predicted molar refractivity (Wildman–Crippen MR) is 42.2 cm³/mol. The average molecular weight is 123 g/mol. The highest BCUT2D eigenvalue weighted by Crippen LogP contribution is 1.94. The number of unbranched alkanes of at least 4 members (excludes halogenated alkanes) is 2. The first-order chi connectivity index (χ1) is 4.41. The van der Waals surface area contributed by atoms with Crippen LogP contribution in [0.5, 0.6) is 0 Å². The maximum absolute atomic E-state index is 5.18. The minimum atomic E-state index is 1.00. The van der Waals surface area contributed by atoms with Crippen LogP contribution in [0.2, 0.25) is 0 Å². The Morgan fingerprint density at radius 2 is 1.78 bits per heavy atom. The van der Waals surface area contributed by atoms with Gasteiger partial charge >= 0.3 is 0 Å². The molecule has 0 aliphatic rings. The fraction of sp³-hybridized carbons (Fsp3) is 0.556. The van der Waals surface area contributed by atoms with Crippen LogP contribution in [0.25, 0.3) is 0 Å². The number of allylic oxidation sites excluding steroid dienone is 3. The third-order valence-electron chi connectivity index (χ3n) is 1.12. The fourth-order valence-corrected chi connectivity index (χ4v) is 0.595. The lowest BCUT2D eigenvalue weighted by Gasteiger charge is -1.84. The van der Waals surface area contributed by atoms with Gasteiger partial charge in [-0.3, -0.25) is 0 Å². The molecule has 0 aromatic heterocycles. The largest absolute Gasteiger partial charge is 0.0885 e. The Kier molecular flexibility index (Phi) is 7.05. The Labute approximate surface area is 58.3 Å². The van der Waals surface area contributed by atoms with Crippen molar-refractivity contribution in [1.82, 2.24) is 0 Å². The van der Waals surface area contributed by atoms with Gasteiger partial charge in [-0.25, -0.2) is 0 Å². The van der Waals surface area contributed by atoms with Crippen LogP contribution in [-0.2, 0) is 0 Å². The summed E-state index contributed by atoms with van der Waals surface area (Å²) in [5, 5.41) is 0. The van der Waals surface area contributed by atoms with E-state index in [-0.39, 0.29) is 0 Å². The molecule has 0 amide bonds. The maximum Gasteiger partial charge on any atom is -0.0313 e. The van der Waals surface area contributed by atoms with Gasteiger partial charge in [0.05, 0.1) is 0 Å². The van der Waals surface area contributed by atoms with Crippen LogP contribution in [-0.4, -0.2) is 0 Å². The minimum Gasteiger partial charge on any atom is -0.0885 e. The van der Waals surface area contributed by atoms with Crippen LogP contribution >= 0.6 is 0 Å². The van der Waals surface area contributed by atoms with Gasteiger partial charge in [0, 0.05) is 0 Å². The molecule has 0 rings (SSSR count). The van der Waals surface area contributed by atoms with Crippen LogP contribution in [0.1, 0.15) is 32.6 Å². The van der Waals surface area contributed by atoms with Gasteiger partial charge in [0.2, 0.25) is 0 Å². The second-order valence-corrected chi connectivity index (χ2v) is 2.07. The number of rotatable bonds is 5. The molecule has 0 bridgehead atoms. The number of hydrogen-bond donors (Lipinski definition) is 0. The van der Waals surface area contributed by atoms with Crippen molar-refractivity contribution in [2.45, 2.75) is 32.6 Å². The lowest BCUT2D eigenvalue weighted by Crippen LogP contribution is -1.64. The van der Waals surface area contributed by atoms with Gasteiger partial charge in [0.1, 0.15) is 0 Å². The smallest absolute Gasteiger partial charge is 0.0313 e. The van der Waals surface area contributed by atoms with E-state index in [1.54, 1.807) is 6.08 Å².